The number of hydrogen-bond acceptors (Lipinski definition) is 3. The van der Waals surface area contributed by atoms with Crippen molar-refractivity contribution in [3.63, 3.8) is 0 Å². The van der Waals surface area contributed by atoms with Gasteiger partial charge in [-0.25, -0.2) is 4.79 Å². The molecule has 112 valence electrons. The molecule has 5 nitrogen and oxygen atoms in total. The standard InChI is InChI=1S/C16H21N3O2/c1-12-10-14(19(3)17-12)11-18(2)9-8-13-6-4-5-7-15(13)16(20)21/h4-7,10H,8-9,11H2,1-3H3,(H,20,21). The van der Waals surface area contributed by atoms with E-state index in [4.69, 9.17) is 0 Å². The Bertz CT molecular complexity index is 634. The molecule has 0 aliphatic heterocycles. The molecule has 21 heavy (non-hydrogen) atoms. The van der Waals surface area contributed by atoms with Crippen molar-refractivity contribution in [3.05, 3.63) is 52.8 Å². The lowest BCUT2D eigenvalue weighted by molar-refractivity contribution is 0.0695. The van der Waals surface area contributed by atoms with Crippen molar-refractivity contribution in [2.75, 3.05) is 13.6 Å². The van der Waals surface area contributed by atoms with Gasteiger partial charge in [0, 0.05) is 20.1 Å². The van der Waals surface area contributed by atoms with Gasteiger partial charge in [-0.2, -0.15) is 5.10 Å². The summed E-state index contributed by atoms with van der Waals surface area (Å²) in [6.07, 6.45) is 0.718. The summed E-state index contributed by atoms with van der Waals surface area (Å²) in [5.41, 5.74) is 3.43. The summed E-state index contributed by atoms with van der Waals surface area (Å²) in [6, 6.07) is 9.25. The van der Waals surface area contributed by atoms with Crippen LogP contribution in [0.1, 0.15) is 27.3 Å². The number of aromatic nitrogens is 2. The number of carbonyl (C=O) groups is 1. The first-order valence-electron chi connectivity index (χ1n) is 6.96. The van der Waals surface area contributed by atoms with Gasteiger partial charge in [-0.15, -0.1) is 0 Å². The van der Waals surface area contributed by atoms with Crippen LogP contribution >= 0.6 is 0 Å². The van der Waals surface area contributed by atoms with Crippen molar-refractivity contribution in [1.29, 1.82) is 0 Å². The van der Waals surface area contributed by atoms with E-state index < -0.39 is 5.97 Å². The molecule has 5 heteroatoms. The zero-order chi connectivity index (χ0) is 15.4. The summed E-state index contributed by atoms with van der Waals surface area (Å²) in [5, 5.41) is 13.5. The maximum Gasteiger partial charge on any atom is 0.335 e. The molecule has 0 saturated heterocycles. The first-order chi connectivity index (χ1) is 9.97. The van der Waals surface area contributed by atoms with Crippen LogP contribution in [0.5, 0.6) is 0 Å². The first-order valence-corrected chi connectivity index (χ1v) is 6.96. The van der Waals surface area contributed by atoms with Gasteiger partial charge >= 0.3 is 5.97 Å². The molecule has 0 radical (unpaired) electrons. The van der Waals surface area contributed by atoms with E-state index in [2.05, 4.69) is 16.1 Å². The number of hydrogen-bond donors (Lipinski definition) is 1. The quantitative estimate of drug-likeness (QED) is 0.884. The van der Waals surface area contributed by atoms with Crippen LogP contribution in [0.15, 0.2) is 30.3 Å². The van der Waals surface area contributed by atoms with Crippen molar-refractivity contribution < 1.29 is 9.90 Å². The maximum atomic E-state index is 11.2. The summed E-state index contributed by atoms with van der Waals surface area (Å²) in [5.74, 6) is -0.865. The second-order valence-electron chi connectivity index (χ2n) is 5.35. The van der Waals surface area contributed by atoms with Gasteiger partial charge in [0.25, 0.3) is 0 Å². The van der Waals surface area contributed by atoms with Gasteiger partial charge in [-0.1, -0.05) is 18.2 Å². The highest BCUT2D eigenvalue weighted by molar-refractivity contribution is 5.89. The maximum absolute atomic E-state index is 11.2. The Morgan fingerprint density at radius 2 is 2.10 bits per heavy atom. The van der Waals surface area contributed by atoms with E-state index in [1.165, 1.54) is 0 Å². The van der Waals surface area contributed by atoms with Crippen LogP contribution in [0, 0.1) is 6.92 Å². The molecule has 0 aliphatic rings. The van der Waals surface area contributed by atoms with Gasteiger partial charge in [0.15, 0.2) is 0 Å². The fourth-order valence-electron chi connectivity index (χ4n) is 2.43. The van der Waals surface area contributed by atoms with Crippen LogP contribution in [0.2, 0.25) is 0 Å². The van der Waals surface area contributed by atoms with Gasteiger partial charge in [0.2, 0.25) is 0 Å². The summed E-state index contributed by atoms with van der Waals surface area (Å²) < 4.78 is 1.89. The largest absolute Gasteiger partial charge is 0.478 e. The molecular formula is C16H21N3O2. The third-order valence-electron chi connectivity index (χ3n) is 3.54. The van der Waals surface area contributed by atoms with Crippen LogP contribution in [-0.4, -0.2) is 39.3 Å². The molecule has 0 aliphatic carbocycles. The van der Waals surface area contributed by atoms with Crippen molar-refractivity contribution >= 4 is 5.97 Å². The lowest BCUT2D eigenvalue weighted by Crippen LogP contribution is -2.22. The van der Waals surface area contributed by atoms with Crippen LogP contribution in [0.25, 0.3) is 0 Å². The zero-order valence-corrected chi connectivity index (χ0v) is 12.7. The molecule has 0 atom stereocenters. The molecule has 0 bridgehead atoms. The Morgan fingerprint density at radius 1 is 1.38 bits per heavy atom. The summed E-state index contributed by atoms with van der Waals surface area (Å²) in [7, 11) is 3.97. The Morgan fingerprint density at radius 3 is 2.71 bits per heavy atom. The minimum Gasteiger partial charge on any atom is -0.478 e. The van der Waals surface area contributed by atoms with Gasteiger partial charge < -0.3 is 10.0 Å². The van der Waals surface area contributed by atoms with Gasteiger partial charge in [0.1, 0.15) is 0 Å². The number of benzene rings is 1. The van der Waals surface area contributed by atoms with E-state index in [0.717, 1.165) is 36.5 Å². The van der Waals surface area contributed by atoms with Crippen LogP contribution in [0.3, 0.4) is 0 Å². The van der Waals surface area contributed by atoms with E-state index in [0.29, 0.717) is 5.56 Å². The zero-order valence-electron chi connectivity index (χ0n) is 12.7. The number of carboxylic acid groups (broad SMARTS) is 1. The molecule has 1 heterocycles. The van der Waals surface area contributed by atoms with Crippen molar-refractivity contribution in [2.24, 2.45) is 7.05 Å². The minimum absolute atomic E-state index is 0.391. The summed E-state index contributed by atoms with van der Waals surface area (Å²) >= 11 is 0. The minimum atomic E-state index is -0.865. The van der Waals surface area contributed by atoms with Crippen molar-refractivity contribution in [2.45, 2.75) is 19.9 Å². The molecule has 1 aromatic heterocycles. The summed E-state index contributed by atoms with van der Waals surface area (Å²) in [6.45, 7) is 3.58. The summed E-state index contributed by atoms with van der Waals surface area (Å²) in [4.78, 5) is 13.4. The number of aryl methyl sites for hydroxylation is 2. The predicted octanol–water partition coefficient (Wildman–Crippen LogP) is 2.10. The van der Waals surface area contributed by atoms with Gasteiger partial charge in [-0.05, 0) is 38.1 Å². The van der Waals surface area contributed by atoms with E-state index in [9.17, 15) is 9.90 Å². The van der Waals surface area contributed by atoms with E-state index in [1.807, 2.05) is 37.8 Å². The first kappa shape index (κ1) is 15.3. The average molecular weight is 287 g/mol. The topological polar surface area (TPSA) is 58.4 Å². The monoisotopic (exact) mass is 287 g/mol. The SMILES string of the molecule is Cc1cc(CN(C)CCc2ccccc2C(=O)O)n(C)n1. The lowest BCUT2D eigenvalue weighted by Gasteiger charge is -2.17. The Hall–Kier alpha value is -2.14. The van der Waals surface area contributed by atoms with E-state index in [-0.39, 0.29) is 0 Å². The molecule has 1 N–H and O–H groups in total. The normalized spacial score (nSPS) is 11.0. The van der Waals surface area contributed by atoms with Crippen molar-refractivity contribution in [1.82, 2.24) is 14.7 Å². The number of carboxylic acids is 1. The fraction of sp³-hybridized carbons (Fsp3) is 0.375. The third-order valence-corrected chi connectivity index (χ3v) is 3.54. The second kappa shape index (κ2) is 6.54. The molecule has 0 saturated carbocycles. The van der Waals surface area contributed by atoms with Crippen molar-refractivity contribution in [3.8, 4) is 0 Å². The van der Waals surface area contributed by atoms with Gasteiger partial charge in [0.05, 0.1) is 17.0 Å². The number of rotatable bonds is 6. The number of aromatic carboxylic acids is 1. The predicted molar refractivity (Wildman–Crippen MR) is 81.4 cm³/mol. The molecule has 1 aromatic carbocycles. The van der Waals surface area contributed by atoms with Crippen LogP contribution in [-0.2, 0) is 20.0 Å². The smallest absolute Gasteiger partial charge is 0.335 e. The molecule has 2 aromatic rings. The molecule has 0 amide bonds. The highest BCUT2D eigenvalue weighted by atomic mass is 16.4. The Kier molecular flexibility index (Phi) is 4.75. The van der Waals surface area contributed by atoms with Gasteiger partial charge in [-0.3, -0.25) is 4.68 Å². The second-order valence-corrected chi connectivity index (χ2v) is 5.35. The molecular weight excluding hydrogens is 266 g/mol. The molecule has 2 rings (SSSR count). The number of likely N-dealkylation sites (N-methyl/N-ethyl adjacent to an activating group) is 1. The lowest BCUT2D eigenvalue weighted by atomic mass is 10.0. The van der Waals surface area contributed by atoms with E-state index >= 15 is 0 Å². The highest BCUT2D eigenvalue weighted by Crippen LogP contribution is 2.11. The van der Waals surface area contributed by atoms with Crippen LogP contribution in [0.4, 0.5) is 0 Å². The van der Waals surface area contributed by atoms with E-state index in [1.54, 1.807) is 12.1 Å². The molecule has 0 spiro atoms. The fourth-order valence-corrected chi connectivity index (χ4v) is 2.43. The number of nitrogens with zero attached hydrogens (tertiary/aromatic N) is 3. The molecule has 0 unspecified atom stereocenters. The third kappa shape index (κ3) is 3.92. The molecule has 0 fully saturated rings. The Balaban J connectivity index is 1.97. The highest BCUT2D eigenvalue weighted by Gasteiger charge is 2.10. The van der Waals surface area contributed by atoms with Crippen LogP contribution < -0.4 is 0 Å². The Labute approximate surface area is 124 Å². The average Bonchev–Trinajstić information content (AvgIpc) is 2.74.